The minimum atomic E-state index is 0.143. The van der Waals surface area contributed by atoms with Gasteiger partial charge in [0, 0.05) is 25.0 Å². The Bertz CT molecular complexity index is 361. The van der Waals surface area contributed by atoms with Crippen LogP contribution in [0.4, 0.5) is 0 Å². The van der Waals surface area contributed by atoms with Crippen molar-refractivity contribution in [3.05, 3.63) is 29.6 Å². The van der Waals surface area contributed by atoms with Crippen LogP contribution in [0.25, 0.3) is 0 Å². The molecule has 1 saturated heterocycles. The highest BCUT2D eigenvalue weighted by atomic mass is 16.5. The molecule has 1 aliphatic rings. The summed E-state index contributed by atoms with van der Waals surface area (Å²) in [6, 6.07) is 2.21. The molecule has 1 fully saturated rings. The van der Waals surface area contributed by atoms with Crippen LogP contribution in [0.5, 0.6) is 0 Å². The molecular weight excluding hydrogens is 224 g/mol. The Labute approximate surface area is 110 Å². The van der Waals surface area contributed by atoms with Gasteiger partial charge in [0.1, 0.15) is 0 Å². The van der Waals surface area contributed by atoms with Crippen LogP contribution in [0.2, 0.25) is 0 Å². The summed E-state index contributed by atoms with van der Waals surface area (Å²) < 4.78 is 5.63. The number of nitrogens with two attached hydrogens (primary N) is 1. The predicted octanol–water partition coefficient (Wildman–Crippen LogP) is 2.99. The van der Waals surface area contributed by atoms with Gasteiger partial charge < -0.3 is 10.5 Å². The highest BCUT2D eigenvalue weighted by Gasteiger charge is 2.16. The molecule has 2 heterocycles. The molecule has 2 rings (SSSR count). The Balaban J connectivity index is 1.81. The number of aromatic nitrogens is 1. The van der Waals surface area contributed by atoms with E-state index in [2.05, 4.69) is 18.0 Å². The van der Waals surface area contributed by atoms with Gasteiger partial charge in [-0.3, -0.25) is 4.98 Å². The Morgan fingerprint density at radius 3 is 3.17 bits per heavy atom. The summed E-state index contributed by atoms with van der Waals surface area (Å²) >= 11 is 0. The van der Waals surface area contributed by atoms with Crippen molar-refractivity contribution in [2.75, 3.05) is 6.61 Å². The van der Waals surface area contributed by atoms with E-state index in [4.69, 9.17) is 10.5 Å². The van der Waals surface area contributed by atoms with Gasteiger partial charge >= 0.3 is 0 Å². The van der Waals surface area contributed by atoms with Crippen molar-refractivity contribution in [3.63, 3.8) is 0 Å². The van der Waals surface area contributed by atoms with Crippen LogP contribution in [-0.4, -0.2) is 17.7 Å². The summed E-state index contributed by atoms with van der Waals surface area (Å²) in [5.74, 6) is 0. The average molecular weight is 248 g/mol. The van der Waals surface area contributed by atoms with Gasteiger partial charge in [-0.2, -0.15) is 0 Å². The molecule has 3 nitrogen and oxygen atoms in total. The van der Waals surface area contributed by atoms with Crippen molar-refractivity contribution in [2.24, 2.45) is 5.73 Å². The molecule has 0 amide bonds. The molecule has 3 heteroatoms. The van der Waals surface area contributed by atoms with E-state index in [-0.39, 0.29) is 6.04 Å². The van der Waals surface area contributed by atoms with Crippen LogP contribution in [0.3, 0.4) is 0 Å². The SMILES string of the molecule is CCc1cnccc1C(N)CCCC1CCCO1. The number of hydrogen-bond donors (Lipinski definition) is 1. The van der Waals surface area contributed by atoms with Crippen molar-refractivity contribution in [1.82, 2.24) is 4.98 Å². The van der Waals surface area contributed by atoms with E-state index in [1.54, 1.807) is 0 Å². The average Bonchev–Trinajstić information content (AvgIpc) is 2.91. The standard InChI is InChI=1S/C15H24N2O/c1-2-12-11-17-9-8-14(12)15(16)7-3-5-13-6-4-10-18-13/h8-9,11,13,15H,2-7,10,16H2,1H3. The van der Waals surface area contributed by atoms with Gasteiger partial charge in [0.15, 0.2) is 0 Å². The molecular formula is C15H24N2O. The third kappa shape index (κ3) is 3.53. The van der Waals surface area contributed by atoms with Crippen LogP contribution in [-0.2, 0) is 11.2 Å². The number of aryl methyl sites for hydroxylation is 1. The summed E-state index contributed by atoms with van der Waals surface area (Å²) in [6.45, 7) is 3.10. The molecule has 100 valence electrons. The fourth-order valence-corrected chi connectivity index (χ4v) is 2.69. The molecule has 0 bridgehead atoms. The number of pyridine rings is 1. The molecule has 1 aliphatic heterocycles. The van der Waals surface area contributed by atoms with E-state index in [0.717, 1.165) is 32.3 Å². The zero-order chi connectivity index (χ0) is 12.8. The number of hydrogen-bond acceptors (Lipinski definition) is 3. The zero-order valence-electron chi connectivity index (χ0n) is 11.3. The second kappa shape index (κ2) is 6.86. The van der Waals surface area contributed by atoms with Gasteiger partial charge in [-0.15, -0.1) is 0 Å². The summed E-state index contributed by atoms with van der Waals surface area (Å²) in [4.78, 5) is 4.17. The Kier molecular flexibility index (Phi) is 5.14. The van der Waals surface area contributed by atoms with Gasteiger partial charge in [0.2, 0.25) is 0 Å². The molecule has 0 radical (unpaired) electrons. The minimum absolute atomic E-state index is 0.143. The van der Waals surface area contributed by atoms with E-state index in [1.807, 2.05) is 12.4 Å². The molecule has 18 heavy (non-hydrogen) atoms. The Hall–Kier alpha value is -0.930. The van der Waals surface area contributed by atoms with Gasteiger partial charge in [-0.25, -0.2) is 0 Å². The second-order valence-electron chi connectivity index (χ2n) is 5.10. The Morgan fingerprint density at radius 2 is 2.44 bits per heavy atom. The van der Waals surface area contributed by atoms with Crippen molar-refractivity contribution >= 4 is 0 Å². The lowest BCUT2D eigenvalue weighted by atomic mass is 9.96. The molecule has 0 saturated carbocycles. The maximum absolute atomic E-state index is 6.29. The second-order valence-corrected chi connectivity index (χ2v) is 5.10. The number of ether oxygens (including phenoxy) is 1. The summed E-state index contributed by atoms with van der Waals surface area (Å²) in [5.41, 5.74) is 8.83. The fourth-order valence-electron chi connectivity index (χ4n) is 2.69. The fraction of sp³-hybridized carbons (Fsp3) is 0.667. The topological polar surface area (TPSA) is 48.1 Å². The Morgan fingerprint density at radius 1 is 1.56 bits per heavy atom. The van der Waals surface area contributed by atoms with E-state index >= 15 is 0 Å². The van der Waals surface area contributed by atoms with Crippen molar-refractivity contribution in [2.45, 2.75) is 57.6 Å². The maximum atomic E-state index is 6.29. The quantitative estimate of drug-likeness (QED) is 0.842. The smallest absolute Gasteiger partial charge is 0.0576 e. The van der Waals surface area contributed by atoms with Gasteiger partial charge in [-0.05, 0) is 55.7 Å². The first-order chi connectivity index (χ1) is 8.81. The van der Waals surface area contributed by atoms with Gasteiger partial charge in [0.25, 0.3) is 0 Å². The first kappa shape index (κ1) is 13.5. The lowest BCUT2D eigenvalue weighted by molar-refractivity contribution is 0.101. The monoisotopic (exact) mass is 248 g/mol. The largest absolute Gasteiger partial charge is 0.378 e. The molecule has 0 spiro atoms. The summed E-state index contributed by atoms with van der Waals surface area (Å²) in [5, 5.41) is 0. The molecule has 1 aromatic rings. The number of rotatable bonds is 6. The highest BCUT2D eigenvalue weighted by Crippen LogP contribution is 2.23. The maximum Gasteiger partial charge on any atom is 0.0576 e. The van der Waals surface area contributed by atoms with Crippen molar-refractivity contribution in [3.8, 4) is 0 Å². The summed E-state index contributed by atoms with van der Waals surface area (Å²) in [6.07, 6.45) is 11.1. The highest BCUT2D eigenvalue weighted by molar-refractivity contribution is 5.26. The molecule has 2 unspecified atom stereocenters. The van der Waals surface area contributed by atoms with Crippen molar-refractivity contribution in [1.29, 1.82) is 0 Å². The van der Waals surface area contributed by atoms with Crippen LogP contribution in [0, 0.1) is 0 Å². The zero-order valence-corrected chi connectivity index (χ0v) is 11.3. The predicted molar refractivity (Wildman–Crippen MR) is 73.4 cm³/mol. The summed E-state index contributed by atoms with van der Waals surface area (Å²) in [7, 11) is 0. The third-order valence-corrected chi connectivity index (χ3v) is 3.79. The van der Waals surface area contributed by atoms with Gasteiger partial charge in [0.05, 0.1) is 6.10 Å². The van der Waals surface area contributed by atoms with Crippen LogP contribution >= 0.6 is 0 Å². The molecule has 0 aliphatic carbocycles. The van der Waals surface area contributed by atoms with E-state index in [9.17, 15) is 0 Å². The first-order valence-corrected chi connectivity index (χ1v) is 7.11. The normalized spacial score (nSPS) is 21.1. The minimum Gasteiger partial charge on any atom is -0.378 e. The van der Waals surface area contributed by atoms with Crippen molar-refractivity contribution < 1.29 is 4.74 Å². The number of nitrogens with zero attached hydrogens (tertiary/aromatic N) is 1. The first-order valence-electron chi connectivity index (χ1n) is 7.11. The van der Waals surface area contributed by atoms with E-state index < -0.39 is 0 Å². The lowest BCUT2D eigenvalue weighted by Crippen LogP contribution is -2.14. The van der Waals surface area contributed by atoms with Gasteiger partial charge in [-0.1, -0.05) is 6.92 Å². The van der Waals surface area contributed by atoms with E-state index in [0.29, 0.717) is 6.10 Å². The van der Waals surface area contributed by atoms with Crippen LogP contribution < -0.4 is 5.73 Å². The lowest BCUT2D eigenvalue weighted by Gasteiger charge is -2.16. The third-order valence-electron chi connectivity index (χ3n) is 3.79. The van der Waals surface area contributed by atoms with Crippen LogP contribution in [0.1, 0.15) is 56.2 Å². The molecule has 1 aromatic heterocycles. The molecule has 2 atom stereocenters. The van der Waals surface area contributed by atoms with Crippen LogP contribution in [0.15, 0.2) is 18.5 Å². The van der Waals surface area contributed by atoms with E-state index in [1.165, 1.54) is 24.0 Å². The molecule has 0 aromatic carbocycles. The molecule has 2 N–H and O–H groups in total.